The van der Waals surface area contributed by atoms with Crippen molar-refractivity contribution < 1.29 is 4.74 Å². The van der Waals surface area contributed by atoms with Crippen LogP contribution in [0.2, 0.25) is 0 Å². The molecule has 0 radical (unpaired) electrons. The third kappa shape index (κ3) is 3.21. The average molecular weight is 383 g/mol. The van der Waals surface area contributed by atoms with Gasteiger partial charge in [0.05, 0.1) is 12.8 Å². The first-order valence-electron chi connectivity index (χ1n) is 9.01. The van der Waals surface area contributed by atoms with Gasteiger partial charge in [0.15, 0.2) is 5.65 Å². The van der Waals surface area contributed by atoms with Crippen molar-refractivity contribution in [3.63, 3.8) is 0 Å². The van der Waals surface area contributed by atoms with Crippen molar-refractivity contribution in [3.8, 4) is 11.4 Å². The molecule has 0 spiro atoms. The predicted molar refractivity (Wildman–Crippen MR) is 108 cm³/mol. The number of hydrogen-bond acceptors (Lipinski definition) is 6. The number of piperidine rings is 1. The lowest BCUT2D eigenvalue weighted by molar-refractivity contribution is 0.414. The Morgan fingerprint density at radius 2 is 1.96 bits per heavy atom. The quantitative estimate of drug-likeness (QED) is 0.700. The Morgan fingerprint density at radius 3 is 2.70 bits per heavy atom. The third-order valence-electron chi connectivity index (χ3n) is 4.86. The van der Waals surface area contributed by atoms with Gasteiger partial charge >= 0.3 is 0 Å². The second kappa shape index (κ2) is 7.11. The van der Waals surface area contributed by atoms with Crippen molar-refractivity contribution in [1.29, 1.82) is 0 Å². The van der Waals surface area contributed by atoms with Crippen LogP contribution in [0.1, 0.15) is 25.1 Å². The lowest BCUT2D eigenvalue weighted by Gasteiger charge is -2.27. The standard InChI is InChI=1S/C19H21N5O2S/c1-12-20-16-15(17(25)22-19(21-16)23-9-4-3-5-10-23)18(27)24(12)13-7-6-8-14(11-13)26-2/h6-8,11H,3-5,9-10H2,1-2H3,(H,21,22,25). The summed E-state index contributed by atoms with van der Waals surface area (Å²) in [5.74, 6) is 1.96. The van der Waals surface area contributed by atoms with Crippen molar-refractivity contribution in [2.75, 3.05) is 25.1 Å². The van der Waals surface area contributed by atoms with E-state index in [9.17, 15) is 4.79 Å². The van der Waals surface area contributed by atoms with Crippen molar-refractivity contribution in [2.24, 2.45) is 0 Å². The van der Waals surface area contributed by atoms with Crippen LogP contribution in [0.15, 0.2) is 29.1 Å². The monoisotopic (exact) mass is 383 g/mol. The summed E-state index contributed by atoms with van der Waals surface area (Å²) >= 11 is 5.64. The summed E-state index contributed by atoms with van der Waals surface area (Å²) in [6, 6.07) is 7.50. The van der Waals surface area contributed by atoms with Crippen molar-refractivity contribution in [2.45, 2.75) is 26.2 Å². The normalized spacial score (nSPS) is 14.5. The van der Waals surface area contributed by atoms with E-state index < -0.39 is 0 Å². The molecule has 2 aromatic heterocycles. The SMILES string of the molecule is COc1cccc(-n2c(C)nc3nc(N4CCCCC4)[nH]c(=O)c3c2=S)c1. The summed E-state index contributed by atoms with van der Waals surface area (Å²) in [5, 5.41) is 0.333. The maximum absolute atomic E-state index is 12.8. The van der Waals surface area contributed by atoms with Gasteiger partial charge in [0.2, 0.25) is 5.95 Å². The number of nitrogens with one attached hydrogen (secondary N) is 1. The van der Waals surface area contributed by atoms with Crippen LogP contribution >= 0.6 is 12.2 Å². The fraction of sp³-hybridized carbons (Fsp3) is 0.368. The molecule has 1 saturated heterocycles. The second-order valence-electron chi connectivity index (χ2n) is 6.64. The van der Waals surface area contributed by atoms with Gasteiger partial charge in [0, 0.05) is 19.2 Å². The number of fused-ring (bicyclic) bond motifs is 1. The Balaban J connectivity index is 1.90. The zero-order chi connectivity index (χ0) is 19.0. The first kappa shape index (κ1) is 17.7. The number of hydrogen-bond donors (Lipinski definition) is 1. The van der Waals surface area contributed by atoms with Crippen LogP contribution < -0.4 is 15.2 Å². The van der Waals surface area contributed by atoms with Gasteiger partial charge in [-0.25, -0.2) is 4.98 Å². The van der Waals surface area contributed by atoms with E-state index in [0.717, 1.165) is 31.6 Å². The van der Waals surface area contributed by atoms with Gasteiger partial charge in [0.1, 0.15) is 21.6 Å². The van der Waals surface area contributed by atoms with Gasteiger partial charge in [0.25, 0.3) is 5.56 Å². The molecule has 0 saturated carbocycles. The third-order valence-corrected chi connectivity index (χ3v) is 5.25. The minimum absolute atomic E-state index is 0.255. The molecule has 1 fully saturated rings. The highest BCUT2D eigenvalue weighted by molar-refractivity contribution is 7.71. The van der Waals surface area contributed by atoms with E-state index in [1.807, 2.05) is 31.2 Å². The van der Waals surface area contributed by atoms with E-state index in [2.05, 4.69) is 19.9 Å². The number of H-pyrrole nitrogens is 1. The first-order valence-corrected chi connectivity index (χ1v) is 9.42. The van der Waals surface area contributed by atoms with Crippen LogP contribution in [-0.2, 0) is 0 Å². The first-order chi connectivity index (χ1) is 13.1. The van der Waals surface area contributed by atoms with Gasteiger partial charge in [-0.15, -0.1) is 0 Å². The number of anilines is 1. The van der Waals surface area contributed by atoms with Crippen LogP contribution in [-0.4, -0.2) is 39.7 Å². The molecule has 0 atom stereocenters. The number of methoxy groups -OCH3 is 1. The van der Waals surface area contributed by atoms with E-state index in [0.29, 0.717) is 33.2 Å². The summed E-state index contributed by atoms with van der Waals surface area (Å²) in [4.78, 5) is 27.0. The van der Waals surface area contributed by atoms with Crippen molar-refractivity contribution in [3.05, 3.63) is 45.1 Å². The maximum atomic E-state index is 12.8. The summed E-state index contributed by atoms with van der Waals surface area (Å²) in [6.45, 7) is 3.65. The van der Waals surface area contributed by atoms with E-state index in [-0.39, 0.29) is 5.56 Å². The van der Waals surface area contributed by atoms with Crippen LogP contribution in [0.25, 0.3) is 16.7 Å². The minimum Gasteiger partial charge on any atom is -0.497 e. The summed E-state index contributed by atoms with van der Waals surface area (Å²) in [5.41, 5.74) is 0.932. The Morgan fingerprint density at radius 1 is 1.19 bits per heavy atom. The summed E-state index contributed by atoms with van der Waals surface area (Å²) in [7, 11) is 1.61. The molecule has 3 aromatic rings. The Hall–Kier alpha value is -2.74. The molecule has 0 aliphatic carbocycles. The van der Waals surface area contributed by atoms with Crippen LogP contribution in [0.5, 0.6) is 5.75 Å². The molecular weight excluding hydrogens is 362 g/mol. The molecule has 0 amide bonds. The molecule has 7 nitrogen and oxygen atoms in total. The van der Waals surface area contributed by atoms with E-state index in [1.165, 1.54) is 6.42 Å². The van der Waals surface area contributed by atoms with Gasteiger partial charge in [-0.05, 0) is 38.3 Å². The smallest absolute Gasteiger partial charge is 0.264 e. The number of aromatic nitrogens is 4. The van der Waals surface area contributed by atoms with Crippen LogP contribution in [0.4, 0.5) is 5.95 Å². The number of nitrogens with zero attached hydrogens (tertiary/aromatic N) is 4. The Bertz CT molecular complexity index is 1120. The van der Waals surface area contributed by atoms with Crippen molar-refractivity contribution >= 4 is 29.2 Å². The molecule has 3 heterocycles. The van der Waals surface area contributed by atoms with Gasteiger partial charge < -0.3 is 9.64 Å². The zero-order valence-corrected chi connectivity index (χ0v) is 16.2. The molecule has 0 bridgehead atoms. The zero-order valence-electron chi connectivity index (χ0n) is 15.4. The molecule has 140 valence electrons. The number of aryl methyl sites for hydroxylation is 1. The second-order valence-corrected chi connectivity index (χ2v) is 7.02. The fourth-order valence-electron chi connectivity index (χ4n) is 3.49. The highest BCUT2D eigenvalue weighted by Gasteiger charge is 2.17. The van der Waals surface area contributed by atoms with Gasteiger partial charge in [-0.1, -0.05) is 18.3 Å². The fourth-order valence-corrected chi connectivity index (χ4v) is 3.92. The molecular formula is C19H21N5O2S. The lowest BCUT2D eigenvalue weighted by Crippen LogP contribution is -2.32. The molecule has 0 unspecified atom stereocenters. The maximum Gasteiger partial charge on any atom is 0.264 e. The summed E-state index contributed by atoms with van der Waals surface area (Å²) in [6.07, 6.45) is 3.42. The minimum atomic E-state index is -0.255. The molecule has 1 N–H and O–H groups in total. The number of aromatic amines is 1. The van der Waals surface area contributed by atoms with E-state index in [4.69, 9.17) is 17.0 Å². The molecule has 4 rings (SSSR count). The topological polar surface area (TPSA) is 76.0 Å². The number of rotatable bonds is 3. The van der Waals surface area contributed by atoms with Gasteiger partial charge in [-0.2, -0.15) is 4.98 Å². The Kier molecular flexibility index (Phi) is 4.65. The van der Waals surface area contributed by atoms with E-state index >= 15 is 0 Å². The molecule has 1 aliphatic heterocycles. The highest BCUT2D eigenvalue weighted by Crippen LogP contribution is 2.22. The lowest BCUT2D eigenvalue weighted by atomic mass is 10.1. The predicted octanol–water partition coefficient (Wildman–Crippen LogP) is 3.15. The molecule has 1 aromatic carbocycles. The molecule has 8 heteroatoms. The van der Waals surface area contributed by atoms with Crippen LogP contribution in [0, 0.1) is 11.6 Å². The van der Waals surface area contributed by atoms with Crippen molar-refractivity contribution in [1.82, 2.24) is 19.5 Å². The highest BCUT2D eigenvalue weighted by atomic mass is 32.1. The number of ether oxygens (including phenoxy) is 1. The Labute approximate surface area is 161 Å². The number of benzene rings is 1. The summed E-state index contributed by atoms with van der Waals surface area (Å²) < 4.78 is 7.47. The largest absolute Gasteiger partial charge is 0.497 e. The van der Waals surface area contributed by atoms with E-state index in [1.54, 1.807) is 11.7 Å². The van der Waals surface area contributed by atoms with Crippen LogP contribution in [0.3, 0.4) is 0 Å². The van der Waals surface area contributed by atoms with Gasteiger partial charge in [-0.3, -0.25) is 14.3 Å². The average Bonchev–Trinajstić information content (AvgIpc) is 2.68. The molecule has 1 aliphatic rings. The molecule has 27 heavy (non-hydrogen) atoms.